The molecule has 1 aromatic heterocycles. The Labute approximate surface area is 131 Å². The molecule has 1 N–H and O–H groups in total. The van der Waals surface area contributed by atoms with Crippen LogP contribution in [0.2, 0.25) is 0 Å². The Morgan fingerprint density at radius 1 is 0.864 bits per heavy atom. The van der Waals surface area contributed by atoms with Crippen LogP contribution in [-0.2, 0) is 6.54 Å². The number of aromatic nitrogens is 1. The molecule has 0 saturated heterocycles. The molecule has 2 aromatic carbocycles. The van der Waals surface area contributed by atoms with Gasteiger partial charge in [0, 0.05) is 18.6 Å². The van der Waals surface area contributed by atoms with E-state index in [-0.39, 0.29) is 0 Å². The quantitative estimate of drug-likeness (QED) is 0.707. The van der Waals surface area contributed by atoms with Gasteiger partial charge < -0.3 is 5.11 Å². The Hall–Kier alpha value is -2.61. The minimum atomic E-state index is 0.306. The Balaban J connectivity index is 1.81. The number of pyridine rings is 1. The van der Waals surface area contributed by atoms with Crippen molar-refractivity contribution in [1.29, 1.82) is 0 Å². The fraction of sp³-hybridized carbons (Fsp3) is 0.150. The largest absolute Gasteiger partial charge is 0.508 e. The first-order valence-corrected chi connectivity index (χ1v) is 7.64. The van der Waals surface area contributed by atoms with Crippen LogP contribution in [0.5, 0.6) is 5.75 Å². The Bertz CT molecular complexity index is 804. The lowest BCUT2D eigenvalue weighted by Crippen LogP contribution is -2.31. The van der Waals surface area contributed by atoms with E-state index >= 15 is 0 Å². The maximum Gasteiger partial charge on any atom is 0.169 e. The highest BCUT2D eigenvalue weighted by Crippen LogP contribution is 2.21. The molecule has 3 rings (SSSR count). The molecule has 3 aromatic rings. The van der Waals surface area contributed by atoms with E-state index in [4.69, 9.17) is 0 Å². The van der Waals surface area contributed by atoms with E-state index in [2.05, 4.69) is 60.3 Å². The number of rotatable bonds is 4. The third kappa shape index (κ3) is 3.34. The SMILES string of the molecule is CCC[n+]1ccc(/C=C/c2ccc3cc(O)ccc3c2)cc1. The molecule has 110 valence electrons. The van der Waals surface area contributed by atoms with Crippen molar-refractivity contribution in [3.05, 3.63) is 72.1 Å². The number of benzene rings is 2. The number of phenols is 1. The number of hydrogen-bond acceptors (Lipinski definition) is 1. The molecule has 0 fully saturated rings. The first-order chi connectivity index (χ1) is 10.7. The summed E-state index contributed by atoms with van der Waals surface area (Å²) >= 11 is 0. The molecule has 2 nitrogen and oxygen atoms in total. The summed E-state index contributed by atoms with van der Waals surface area (Å²) < 4.78 is 2.19. The summed E-state index contributed by atoms with van der Waals surface area (Å²) in [7, 11) is 0. The lowest BCUT2D eigenvalue weighted by molar-refractivity contribution is -0.697. The summed E-state index contributed by atoms with van der Waals surface area (Å²) in [5, 5.41) is 11.7. The lowest BCUT2D eigenvalue weighted by atomic mass is 10.1. The highest BCUT2D eigenvalue weighted by molar-refractivity contribution is 5.87. The predicted molar refractivity (Wildman–Crippen MR) is 91.5 cm³/mol. The van der Waals surface area contributed by atoms with Gasteiger partial charge in [-0.05, 0) is 40.1 Å². The molecular formula is C20H20NO+. The van der Waals surface area contributed by atoms with Crippen molar-refractivity contribution in [2.45, 2.75) is 19.9 Å². The van der Waals surface area contributed by atoms with E-state index in [0.717, 1.165) is 29.3 Å². The fourth-order valence-electron chi connectivity index (χ4n) is 2.53. The van der Waals surface area contributed by atoms with Gasteiger partial charge in [0.1, 0.15) is 12.3 Å². The van der Waals surface area contributed by atoms with Crippen LogP contribution < -0.4 is 4.57 Å². The summed E-state index contributed by atoms with van der Waals surface area (Å²) in [6, 6.07) is 15.9. The van der Waals surface area contributed by atoms with Gasteiger partial charge in [-0.25, -0.2) is 4.57 Å². The number of fused-ring (bicyclic) bond motifs is 1. The highest BCUT2D eigenvalue weighted by Gasteiger charge is 1.98. The van der Waals surface area contributed by atoms with Crippen LogP contribution in [0.1, 0.15) is 24.5 Å². The van der Waals surface area contributed by atoms with Gasteiger partial charge in [0.15, 0.2) is 12.4 Å². The van der Waals surface area contributed by atoms with E-state index in [1.807, 2.05) is 12.1 Å². The average Bonchev–Trinajstić information content (AvgIpc) is 2.54. The molecule has 0 unspecified atom stereocenters. The second kappa shape index (κ2) is 6.44. The summed E-state index contributed by atoms with van der Waals surface area (Å²) in [5.74, 6) is 0.306. The summed E-state index contributed by atoms with van der Waals surface area (Å²) in [5.41, 5.74) is 2.35. The molecule has 2 heteroatoms. The highest BCUT2D eigenvalue weighted by atomic mass is 16.3. The minimum Gasteiger partial charge on any atom is -0.508 e. The van der Waals surface area contributed by atoms with Crippen molar-refractivity contribution in [2.75, 3.05) is 0 Å². The zero-order valence-corrected chi connectivity index (χ0v) is 12.7. The number of phenolic OH excluding ortho intramolecular Hbond substituents is 1. The lowest BCUT2D eigenvalue weighted by Gasteiger charge is -2.01. The van der Waals surface area contributed by atoms with Gasteiger partial charge in [-0.1, -0.05) is 37.3 Å². The molecule has 0 amide bonds. The number of aryl methyl sites for hydroxylation is 1. The van der Waals surface area contributed by atoms with Crippen molar-refractivity contribution in [3.8, 4) is 5.75 Å². The van der Waals surface area contributed by atoms with E-state index in [9.17, 15) is 5.11 Å². The normalized spacial score (nSPS) is 11.3. The maximum atomic E-state index is 9.50. The van der Waals surface area contributed by atoms with Crippen molar-refractivity contribution in [2.24, 2.45) is 0 Å². The molecule has 0 radical (unpaired) electrons. The topological polar surface area (TPSA) is 24.1 Å². The molecular weight excluding hydrogens is 270 g/mol. The van der Waals surface area contributed by atoms with Crippen LogP contribution in [0.15, 0.2) is 60.9 Å². The molecule has 0 spiro atoms. The predicted octanol–water partition coefficient (Wildman–Crippen LogP) is 4.41. The first kappa shape index (κ1) is 14.3. The summed E-state index contributed by atoms with van der Waals surface area (Å²) in [6.07, 6.45) is 9.62. The Morgan fingerprint density at radius 3 is 2.32 bits per heavy atom. The Kier molecular flexibility index (Phi) is 4.19. The third-order valence-corrected chi connectivity index (χ3v) is 3.71. The van der Waals surface area contributed by atoms with Gasteiger partial charge in [0.2, 0.25) is 0 Å². The van der Waals surface area contributed by atoms with Crippen molar-refractivity contribution >= 4 is 22.9 Å². The van der Waals surface area contributed by atoms with Gasteiger partial charge in [-0.3, -0.25) is 0 Å². The molecule has 0 saturated carbocycles. The monoisotopic (exact) mass is 290 g/mol. The molecule has 0 aliphatic heterocycles. The van der Waals surface area contributed by atoms with Crippen molar-refractivity contribution in [1.82, 2.24) is 0 Å². The van der Waals surface area contributed by atoms with Crippen LogP contribution in [0, 0.1) is 0 Å². The first-order valence-electron chi connectivity index (χ1n) is 7.64. The van der Waals surface area contributed by atoms with Crippen LogP contribution in [-0.4, -0.2) is 5.11 Å². The van der Waals surface area contributed by atoms with Gasteiger partial charge in [0.25, 0.3) is 0 Å². The van der Waals surface area contributed by atoms with Crippen LogP contribution in [0.3, 0.4) is 0 Å². The molecule has 1 heterocycles. The molecule has 0 aliphatic rings. The van der Waals surface area contributed by atoms with E-state index < -0.39 is 0 Å². The van der Waals surface area contributed by atoms with Gasteiger partial charge in [0.05, 0.1) is 0 Å². The third-order valence-electron chi connectivity index (χ3n) is 3.71. The standard InChI is InChI=1S/C20H19NO/c1-2-11-21-12-9-16(10-13-21)3-4-17-5-6-19-15-20(22)8-7-18(19)14-17/h3-10,12-15H,2,11H2,1H3/p+1. The van der Waals surface area contributed by atoms with Gasteiger partial charge in [-0.15, -0.1) is 0 Å². The summed E-state index contributed by atoms with van der Waals surface area (Å²) in [6.45, 7) is 3.24. The molecule has 0 bridgehead atoms. The van der Waals surface area contributed by atoms with Crippen LogP contribution >= 0.6 is 0 Å². The van der Waals surface area contributed by atoms with E-state index in [1.54, 1.807) is 12.1 Å². The molecule has 22 heavy (non-hydrogen) atoms. The smallest absolute Gasteiger partial charge is 0.169 e. The van der Waals surface area contributed by atoms with Crippen LogP contribution in [0.4, 0.5) is 0 Å². The second-order valence-corrected chi connectivity index (χ2v) is 5.49. The second-order valence-electron chi connectivity index (χ2n) is 5.49. The van der Waals surface area contributed by atoms with E-state index in [1.165, 1.54) is 5.56 Å². The number of aromatic hydroxyl groups is 1. The molecule has 0 atom stereocenters. The summed E-state index contributed by atoms with van der Waals surface area (Å²) in [4.78, 5) is 0. The van der Waals surface area contributed by atoms with Gasteiger partial charge in [-0.2, -0.15) is 0 Å². The average molecular weight is 290 g/mol. The number of hydrogen-bond donors (Lipinski definition) is 1. The fourth-order valence-corrected chi connectivity index (χ4v) is 2.53. The van der Waals surface area contributed by atoms with Crippen molar-refractivity contribution in [3.63, 3.8) is 0 Å². The maximum absolute atomic E-state index is 9.50. The van der Waals surface area contributed by atoms with Crippen molar-refractivity contribution < 1.29 is 9.67 Å². The van der Waals surface area contributed by atoms with E-state index in [0.29, 0.717) is 5.75 Å². The molecule has 0 aliphatic carbocycles. The zero-order valence-electron chi connectivity index (χ0n) is 12.7. The zero-order chi connectivity index (χ0) is 15.4. The number of nitrogens with zero attached hydrogens (tertiary/aromatic N) is 1. The minimum absolute atomic E-state index is 0.306. The van der Waals surface area contributed by atoms with Gasteiger partial charge >= 0.3 is 0 Å². The van der Waals surface area contributed by atoms with Crippen LogP contribution in [0.25, 0.3) is 22.9 Å². The Morgan fingerprint density at radius 2 is 1.55 bits per heavy atom.